The predicted molar refractivity (Wildman–Crippen MR) is 98.9 cm³/mol. The molecule has 1 aromatic heterocycles. The Morgan fingerprint density at radius 2 is 1.92 bits per heavy atom. The van der Waals surface area contributed by atoms with Crippen molar-refractivity contribution in [2.45, 2.75) is 33.2 Å². The number of hydrogen-bond donors (Lipinski definition) is 2. The van der Waals surface area contributed by atoms with Gasteiger partial charge in [0.1, 0.15) is 5.01 Å². The summed E-state index contributed by atoms with van der Waals surface area (Å²) in [4.78, 5) is 29.8. The summed E-state index contributed by atoms with van der Waals surface area (Å²) < 4.78 is 0. The van der Waals surface area contributed by atoms with Crippen molar-refractivity contribution in [1.82, 2.24) is 15.2 Å². The number of carboxylic acid groups (broad SMARTS) is 1. The fourth-order valence-corrected chi connectivity index (χ4v) is 3.43. The zero-order chi connectivity index (χ0) is 18.6. The van der Waals surface area contributed by atoms with Gasteiger partial charge in [-0.05, 0) is 20.8 Å². The molecular weight excluding hydrogens is 338 g/mol. The minimum atomic E-state index is -0.922. The largest absolute Gasteiger partial charge is 0.481 e. The molecule has 0 fully saturated rings. The zero-order valence-electron chi connectivity index (χ0n) is 14.9. The zero-order valence-corrected chi connectivity index (χ0v) is 15.7. The van der Waals surface area contributed by atoms with E-state index in [4.69, 9.17) is 5.11 Å². The third-order valence-electron chi connectivity index (χ3n) is 3.87. The Morgan fingerprint density at radius 1 is 1.28 bits per heavy atom. The molecule has 25 heavy (non-hydrogen) atoms. The van der Waals surface area contributed by atoms with Crippen molar-refractivity contribution in [3.8, 4) is 10.6 Å². The van der Waals surface area contributed by atoms with E-state index in [9.17, 15) is 9.59 Å². The van der Waals surface area contributed by atoms with Gasteiger partial charge in [0, 0.05) is 19.2 Å². The number of carbonyl (C=O) groups is 2. The Balaban J connectivity index is 2.06. The van der Waals surface area contributed by atoms with E-state index in [0.717, 1.165) is 21.1 Å². The lowest BCUT2D eigenvalue weighted by Crippen LogP contribution is -2.39. The lowest BCUT2D eigenvalue weighted by molar-refractivity contribution is -0.137. The Bertz CT molecular complexity index is 755. The van der Waals surface area contributed by atoms with Crippen molar-refractivity contribution in [2.75, 3.05) is 13.6 Å². The molecule has 1 aromatic carbocycles. The van der Waals surface area contributed by atoms with Gasteiger partial charge in [-0.2, -0.15) is 0 Å². The molecule has 2 amide bonds. The van der Waals surface area contributed by atoms with Crippen molar-refractivity contribution in [3.63, 3.8) is 0 Å². The van der Waals surface area contributed by atoms with Gasteiger partial charge in [0.05, 0.1) is 23.0 Å². The van der Waals surface area contributed by atoms with Gasteiger partial charge in [0.15, 0.2) is 0 Å². The van der Waals surface area contributed by atoms with Gasteiger partial charge in [0.25, 0.3) is 0 Å². The molecule has 7 heteroatoms. The first-order chi connectivity index (χ1) is 11.8. The number of urea groups is 1. The van der Waals surface area contributed by atoms with Crippen LogP contribution in [0.1, 0.15) is 35.5 Å². The summed E-state index contributed by atoms with van der Waals surface area (Å²) in [6, 6.07) is 7.69. The van der Waals surface area contributed by atoms with Crippen LogP contribution in [0.4, 0.5) is 4.79 Å². The number of rotatable bonds is 6. The molecule has 2 aromatic rings. The van der Waals surface area contributed by atoms with Crippen LogP contribution in [0.25, 0.3) is 10.6 Å². The number of aromatic nitrogens is 1. The Labute approximate surface area is 151 Å². The summed E-state index contributed by atoms with van der Waals surface area (Å²) in [5, 5.41) is 12.5. The second kappa shape index (κ2) is 8.11. The number of aliphatic carboxylic acids is 1. The predicted octanol–water partition coefficient (Wildman–Crippen LogP) is 3.60. The highest BCUT2D eigenvalue weighted by Crippen LogP contribution is 2.31. The number of aryl methyl sites for hydroxylation is 2. The SMILES string of the molecule is Cc1ccc(-c2nc(C)c(C(C)NC(=O)N(C)CCC(=O)O)s2)cc1. The molecule has 0 aliphatic carbocycles. The molecule has 0 aliphatic rings. The lowest BCUT2D eigenvalue weighted by Gasteiger charge is -2.20. The molecule has 0 radical (unpaired) electrons. The van der Waals surface area contributed by atoms with Gasteiger partial charge >= 0.3 is 12.0 Å². The van der Waals surface area contributed by atoms with Crippen LogP contribution >= 0.6 is 11.3 Å². The van der Waals surface area contributed by atoms with E-state index in [1.165, 1.54) is 10.5 Å². The van der Waals surface area contributed by atoms with Crippen LogP contribution in [0.5, 0.6) is 0 Å². The van der Waals surface area contributed by atoms with Crippen LogP contribution in [0.15, 0.2) is 24.3 Å². The van der Waals surface area contributed by atoms with Gasteiger partial charge in [-0.1, -0.05) is 29.8 Å². The fraction of sp³-hybridized carbons (Fsp3) is 0.389. The van der Waals surface area contributed by atoms with Crippen molar-refractivity contribution >= 4 is 23.3 Å². The topological polar surface area (TPSA) is 82.5 Å². The van der Waals surface area contributed by atoms with Crippen molar-refractivity contribution in [3.05, 3.63) is 40.4 Å². The summed E-state index contributed by atoms with van der Waals surface area (Å²) in [6.07, 6.45) is -0.0740. The average molecular weight is 361 g/mol. The molecule has 6 nitrogen and oxygen atoms in total. The number of nitrogens with one attached hydrogen (secondary N) is 1. The maximum absolute atomic E-state index is 12.2. The first-order valence-corrected chi connectivity index (χ1v) is 8.87. The Hall–Kier alpha value is -2.41. The van der Waals surface area contributed by atoms with Crippen molar-refractivity contribution < 1.29 is 14.7 Å². The highest BCUT2D eigenvalue weighted by Gasteiger charge is 2.19. The van der Waals surface area contributed by atoms with Gasteiger partial charge in [-0.3, -0.25) is 4.79 Å². The third kappa shape index (κ3) is 5.03. The van der Waals surface area contributed by atoms with Crippen LogP contribution < -0.4 is 5.32 Å². The molecule has 1 heterocycles. The molecule has 0 bridgehead atoms. The lowest BCUT2D eigenvalue weighted by atomic mass is 10.2. The molecule has 1 atom stereocenters. The van der Waals surface area contributed by atoms with Crippen LogP contribution in [-0.2, 0) is 4.79 Å². The third-order valence-corrected chi connectivity index (χ3v) is 5.26. The average Bonchev–Trinajstić information content (AvgIpc) is 2.95. The summed E-state index contributed by atoms with van der Waals surface area (Å²) in [6.45, 7) is 6.05. The molecule has 0 aliphatic heterocycles. The molecule has 0 saturated carbocycles. The maximum atomic E-state index is 12.2. The van der Waals surface area contributed by atoms with E-state index < -0.39 is 5.97 Å². The summed E-state index contributed by atoms with van der Waals surface area (Å²) in [7, 11) is 1.59. The monoisotopic (exact) mass is 361 g/mol. The van der Waals surface area contributed by atoms with Crippen LogP contribution in [0, 0.1) is 13.8 Å². The number of nitrogens with zero attached hydrogens (tertiary/aromatic N) is 2. The Kier molecular flexibility index (Phi) is 6.14. The number of benzene rings is 1. The summed E-state index contributed by atoms with van der Waals surface area (Å²) >= 11 is 1.56. The van der Waals surface area contributed by atoms with Gasteiger partial charge in [0.2, 0.25) is 0 Å². The molecule has 2 N–H and O–H groups in total. The highest BCUT2D eigenvalue weighted by atomic mass is 32.1. The van der Waals surface area contributed by atoms with E-state index in [2.05, 4.69) is 10.3 Å². The van der Waals surface area contributed by atoms with E-state index in [1.807, 2.05) is 45.0 Å². The molecule has 2 rings (SSSR count). The number of amides is 2. The standard InChI is InChI=1S/C18H23N3O3S/c1-11-5-7-14(8-6-11)17-19-12(2)16(25-17)13(3)20-18(24)21(4)10-9-15(22)23/h5-8,13H,9-10H2,1-4H3,(H,20,24)(H,22,23). The molecule has 134 valence electrons. The minimum Gasteiger partial charge on any atom is -0.481 e. The quantitative estimate of drug-likeness (QED) is 0.823. The van der Waals surface area contributed by atoms with Gasteiger partial charge in [-0.15, -0.1) is 11.3 Å². The fourth-order valence-electron chi connectivity index (χ4n) is 2.36. The normalized spacial score (nSPS) is 11.8. The maximum Gasteiger partial charge on any atom is 0.317 e. The van der Waals surface area contributed by atoms with E-state index in [0.29, 0.717) is 0 Å². The highest BCUT2D eigenvalue weighted by molar-refractivity contribution is 7.15. The molecule has 0 saturated heterocycles. The van der Waals surface area contributed by atoms with E-state index >= 15 is 0 Å². The first-order valence-electron chi connectivity index (χ1n) is 8.05. The smallest absolute Gasteiger partial charge is 0.317 e. The minimum absolute atomic E-state index is 0.0740. The van der Waals surface area contributed by atoms with Crippen molar-refractivity contribution in [1.29, 1.82) is 0 Å². The van der Waals surface area contributed by atoms with E-state index in [-0.39, 0.29) is 25.0 Å². The van der Waals surface area contributed by atoms with Crippen LogP contribution in [0.3, 0.4) is 0 Å². The van der Waals surface area contributed by atoms with Crippen LogP contribution in [0.2, 0.25) is 0 Å². The number of carboxylic acids is 1. The van der Waals surface area contributed by atoms with Crippen molar-refractivity contribution in [2.24, 2.45) is 0 Å². The summed E-state index contributed by atoms with van der Waals surface area (Å²) in [5.41, 5.74) is 3.14. The van der Waals surface area contributed by atoms with Gasteiger partial charge < -0.3 is 15.3 Å². The number of carbonyl (C=O) groups excluding carboxylic acids is 1. The molecular formula is C18H23N3O3S. The number of thiazole rings is 1. The first kappa shape index (κ1) is 18.9. The van der Waals surface area contributed by atoms with E-state index in [1.54, 1.807) is 18.4 Å². The Morgan fingerprint density at radius 3 is 2.52 bits per heavy atom. The molecule has 1 unspecified atom stereocenters. The van der Waals surface area contributed by atoms with Gasteiger partial charge in [-0.25, -0.2) is 9.78 Å². The summed E-state index contributed by atoms with van der Waals surface area (Å²) in [5.74, 6) is -0.922. The molecule has 0 spiro atoms. The second-order valence-corrected chi connectivity index (χ2v) is 7.10. The number of hydrogen-bond acceptors (Lipinski definition) is 4. The van der Waals surface area contributed by atoms with Crippen LogP contribution in [-0.4, -0.2) is 40.6 Å². The second-order valence-electron chi connectivity index (χ2n) is 6.07.